The average molecular weight is 298 g/mol. The Morgan fingerprint density at radius 2 is 1.86 bits per heavy atom. The van der Waals surface area contributed by atoms with Crippen molar-refractivity contribution in [2.45, 2.75) is 5.67 Å². The molecule has 22 heavy (non-hydrogen) atoms. The molecule has 0 aliphatic rings. The number of para-hydroxylation sites is 1. The molecule has 0 aromatic heterocycles. The fourth-order valence-electron chi connectivity index (χ4n) is 2.30. The topological polar surface area (TPSA) is 62.1 Å². The van der Waals surface area contributed by atoms with Crippen molar-refractivity contribution in [2.24, 2.45) is 0 Å². The van der Waals surface area contributed by atoms with Gasteiger partial charge in [-0.1, -0.05) is 30.3 Å². The second-order valence-electron chi connectivity index (χ2n) is 4.63. The van der Waals surface area contributed by atoms with E-state index >= 15 is 4.39 Å². The number of nitriles is 1. The Kier molecular flexibility index (Phi) is 4.42. The van der Waals surface area contributed by atoms with Crippen molar-refractivity contribution < 1.29 is 13.9 Å². The number of alkyl halides is 1. The summed E-state index contributed by atoms with van der Waals surface area (Å²) in [5, 5.41) is 11.7. The molecule has 0 saturated carbocycles. The Bertz CT molecular complexity index is 722. The predicted molar refractivity (Wildman–Crippen MR) is 81.0 cm³/mol. The summed E-state index contributed by atoms with van der Waals surface area (Å²) < 4.78 is 20.4. The van der Waals surface area contributed by atoms with Gasteiger partial charge >= 0.3 is 5.97 Å². The van der Waals surface area contributed by atoms with Crippen LogP contribution in [0.1, 0.15) is 16.7 Å². The SMILES string of the molecule is CNc1ccccc1[C@@](F)(C(=O)OC)c1ccc(C#N)cc1. The molecule has 0 amide bonds. The molecule has 0 unspecified atom stereocenters. The van der Waals surface area contributed by atoms with Crippen molar-refractivity contribution in [3.05, 3.63) is 65.2 Å². The third kappa shape index (κ3) is 2.51. The van der Waals surface area contributed by atoms with Crippen LogP contribution in [0.5, 0.6) is 0 Å². The highest BCUT2D eigenvalue weighted by Crippen LogP contribution is 2.39. The van der Waals surface area contributed by atoms with E-state index in [0.29, 0.717) is 11.3 Å². The lowest BCUT2D eigenvalue weighted by molar-refractivity contribution is -0.152. The molecule has 0 spiro atoms. The molecule has 0 fully saturated rings. The van der Waals surface area contributed by atoms with E-state index < -0.39 is 11.6 Å². The zero-order valence-electron chi connectivity index (χ0n) is 12.3. The highest BCUT2D eigenvalue weighted by molar-refractivity contribution is 5.87. The highest BCUT2D eigenvalue weighted by atomic mass is 19.1. The van der Waals surface area contributed by atoms with E-state index in [9.17, 15) is 4.79 Å². The first-order valence-electron chi connectivity index (χ1n) is 6.63. The van der Waals surface area contributed by atoms with Crippen molar-refractivity contribution in [1.29, 1.82) is 5.26 Å². The molecule has 0 aliphatic carbocycles. The number of halogens is 1. The molecule has 0 heterocycles. The maximum absolute atomic E-state index is 15.7. The monoisotopic (exact) mass is 298 g/mol. The molecule has 0 bridgehead atoms. The molecule has 2 rings (SSSR count). The second kappa shape index (κ2) is 6.27. The van der Waals surface area contributed by atoms with E-state index in [1.54, 1.807) is 25.2 Å². The molecule has 0 saturated heterocycles. The normalized spacial score (nSPS) is 12.8. The van der Waals surface area contributed by atoms with Crippen LogP contribution in [0.15, 0.2) is 48.5 Å². The predicted octanol–water partition coefficient (Wildman–Crippen LogP) is 2.99. The molecule has 5 heteroatoms. The maximum Gasteiger partial charge on any atom is 0.353 e. The number of nitrogens with zero attached hydrogens (tertiary/aromatic N) is 1. The number of esters is 1. The number of nitrogens with one attached hydrogen (secondary N) is 1. The van der Waals surface area contributed by atoms with Crippen molar-refractivity contribution in [1.82, 2.24) is 0 Å². The lowest BCUT2D eigenvalue weighted by atomic mass is 9.86. The van der Waals surface area contributed by atoms with Crippen molar-refractivity contribution >= 4 is 11.7 Å². The number of rotatable bonds is 4. The van der Waals surface area contributed by atoms with Crippen LogP contribution in [0.25, 0.3) is 0 Å². The Morgan fingerprint density at radius 3 is 2.41 bits per heavy atom. The first kappa shape index (κ1) is 15.5. The Hall–Kier alpha value is -2.87. The van der Waals surface area contributed by atoms with Gasteiger partial charge in [-0.3, -0.25) is 0 Å². The quantitative estimate of drug-likeness (QED) is 0.881. The Balaban J connectivity index is 2.67. The number of benzene rings is 2. The van der Waals surface area contributed by atoms with Gasteiger partial charge in [0.05, 0.1) is 18.7 Å². The third-order valence-corrected chi connectivity index (χ3v) is 3.45. The van der Waals surface area contributed by atoms with Crippen molar-refractivity contribution in [2.75, 3.05) is 19.5 Å². The fraction of sp³-hybridized carbons (Fsp3) is 0.176. The third-order valence-electron chi connectivity index (χ3n) is 3.45. The van der Waals surface area contributed by atoms with Gasteiger partial charge in [0.15, 0.2) is 0 Å². The summed E-state index contributed by atoms with van der Waals surface area (Å²) >= 11 is 0. The van der Waals surface area contributed by atoms with Crippen LogP contribution in [0, 0.1) is 11.3 Å². The Labute approximate surface area is 128 Å². The smallest absolute Gasteiger partial charge is 0.353 e. The van der Waals surface area contributed by atoms with Gasteiger partial charge in [0.25, 0.3) is 5.67 Å². The fourth-order valence-corrected chi connectivity index (χ4v) is 2.30. The molecular weight excluding hydrogens is 283 g/mol. The van der Waals surface area contributed by atoms with E-state index in [0.717, 1.165) is 7.11 Å². The Morgan fingerprint density at radius 1 is 1.23 bits per heavy atom. The lowest BCUT2D eigenvalue weighted by Crippen LogP contribution is -2.34. The van der Waals surface area contributed by atoms with Gasteiger partial charge < -0.3 is 10.1 Å². The molecule has 0 radical (unpaired) electrons. The number of hydrogen-bond donors (Lipinski definition) is 1. The van der Waals surface area contributed by atoms with E-state index in [1.807, 2.05) is 6.07 Å². The number of carbonyl (C=O) groups excluding carboxylic acids is 1. The van der Waals surface area contributed by atoms with E-state index in [1.165, 1.54) is 30.3 Å². The summed E-state index contributed by atoms with van der Waals surface area (Å²) in [7, 11) is 2.79. The van der Waals surface area contributed by atoms with E-state index in [-0.39, 0.29) is 11.1 Å². The maximum atomic E-state index is 15.7. The van der Waals surface area contributed by atoms with Crippen molar-refractivity contribution in [3.8, 4) is 6.07 Å². The van der Waals surface area contributed by atoms with Crippen LogP contribution < -0.4 is 5.32 Å². The average Bonchev–Trinajstić information content (AvgIpc) is 2.60. The van der Waals surface area contributed by atoms with Gasteiger partial charge in [-0.15, -0.1) is 0 Å². The van der Waals surface area contributed by atoms with Crippen LogP contribution >= 0.6 is 0 Å². The molecular formula is C17H15FN2O2. The zero-order valence-corrected chi connectivity index (χ0v) is 12.3. The molecule has 2 aromatic rings. The minimum absolute atomic E-state index is 0.112. The van der Waals surface area contributed by atoms with Crippen LogP contribution in [-0.4, -0.2) is 20.1 Å². The van der Waals surface area contributed by atoms with Gasteiger partial charge in [0, 0.05) is 23.9 Å². The first-order valence-corrected chi connectivity index (χ1v) is 6.63. The number of carbonyl (C=O) groups is 1. The van der Waals surface area contributed by atoms with Crippen LogP contribution in [-0.2, 0) is 15.2 Å². The molecule has 2 aromatic carbocycles. The highest BCUT2D eigenvalue weighted by Gasteiger charge is 2.45. The van der Waals surface area contributed by atoms with Crippen LogP contribution in [0.3, 0.4) is 0 Å². The summed E-state index contributed by atoms with van der Waals surface area (Å²) in [4.78, 5) is 12.2. The van der Waals surface area contributed by atoms with Crippen LogP contribution in [0.4, 0.5) is 10.1 Å². The molecule has 1 N–H and O–H groups in total. The summed E-state index contributed by atoms with van der Waals surface area (Å²) in [6.07, 6.45) is 0. The van der Waals surface area contributed by atoms with Gasteiger partial charge in [-0.05, 0) is 18.2 Å². The summed E-state index contributed by atoms with van der Waals surface area (Å²) in [5.41, 5.74) is -1.31. The first-order chi connectivity index (χ1) is 10.6. The number of ether oxygens (including phenoxy) is 1. The van der Waals surface area contributed by atoms with Crippen molar-refractivity contribution in [3.63, 3.8) is 0 Å². The number of methoxy groups -OCH3 is 1. The molecule has 1 atom stereocenters. The van der Waals surface area contributed by atoms with E-state index in [4.69, 9.17) is 5.26 Å². The van der Waals surface area contributed by atoms with E-state index in [2.05, 4.69) is 10.1 Å². The summed E-state index contributed by atoms with van der Waals surface area (Å²) in [6, 6.07) is 14.3. The zero-order chi connectivity index (χ0) is 16.2. The van der Waals surface area contributed by atoms with Crippen LogP contribution in [0.2, 0.25) is 0 Å². The number of hydrogen-bond acceptors (Lipinski definition) is 4. The molecule has 4 nitrogen and oxygen atoms in total. The minimum atomic E-state index is -2.46. The lowest BCUT2D eigenvalue weighted by Gasteiger charge is -2.25. The second-order valence-corrected chi connectivity index (χ2v) is 4.63. The van der Waals surface area contributed by atoms with Gasteiger partial charge in [-0.25, -0.2) is 9.18 Å². The number of anilines is 1. The van der Waals surface area contributed by atoms with Gasteiger partial charge in [0.2, 0.25) is 0 Å². The summed E-state index contributed by atoms with van der Waals surface area (Å²) in [6.45, 7) is 0. The largest absolute Gasteiger partial charge is 0.466 e. The molecule has 112 valence electrons. The van der Waals surface area contributed by atoms with Gasteiger partial charge in [-0.2, -0.15) is 5.26 Å². The van der Waals surface area contributed by atoms with Gasteiger partial charge in [0.1, 0.15) is 0 Å². The summed E-state index contributed by atoms with van der Waals surface area (Å²) in [5.74, 6) is -1.01. The standard InChI is InChI=1S/C17H15FN2O2/c1-20-15-6-4-3-5-14(15)17(18,16(21)22-2)13-9-7-12(11-19)8-10-13/h3-10,20H,1-2H3/t17-/m1/s1. The minimum Gasteiger partial charge on any atom is -0.466 e. The molecule has 0 aliphatic heterocycles.